The number of rotatable bonds is 11. The van der Waals surface area contributed by atoms with Crippen LogP contribution in [-0.2, 0) is 27.8 Å². The van der Waals surface area contributed by atoms with E-state index in [1.165, 1.54) is 10.6 Å². The Morgan fingerprint density at radius 3 is 2.28 bits per heavy atom. The lowest BCUT2D eigenvalue weighted by molar-refractivity contribution is -0.137. The van der Waals surface area contributed by atoms with E-state index >= 15 is 0 Å². The van der Waals surface area contributed by atoms with Crippen LogP contribution in [0.15, 0.2) is 42.5 Å². The van der Waals surface area contributed by atoms with Crippen LogP contribution in [0.1, 0.15) is 23.4 Å². The number of nitrogens with two attached hydrogens (primary N) is 1. The van der Waals surface area contributed by atoms with Crippen molar-refractivity contribution in [3.05, 3.63) is 59.4 Å². The molecule has 0 aliphatic carbocycles. The summed E-state index contributed by atoms with van der Waals surface area (Å²) in [5.74, 6) is -0.261. The van der Waals surface area contributed by atoms with Gasteiger partial charge in [-0.3, -0.25) is 14.5 Å². The quantitative estimate of drug-likeness (QED) is 0.242. The van der Waals surface area contributed by atoms with Crippen LogP contribution in [-0.4, -0.2) is 73.2 Å². The number of hydrogen-bond acceptors (Lipinski definition) is 6. The molecule has 0 fully saturated rings. The van der Waals surface area contributed by atoms with Gasteiger partial charge in [0.15, 0.2) is 0 Å². The summed E-state index contributed by atoms with van der Waals surface area (Å²) in [6.45, 7) is 1.09. The fraction of sp³-hybridized carbons (Fsp3) is 0.348. The monoisotopic (exact) mass is 558 g/mol. The van der Waals surface area contributed by atoms with Gasteiger partial charge in [0.25, 0.3) is 0 Å². The van der Waals surface area contributed by atoms with E-state index in [2.05, 4.69) is 0 Å². The summed E-state index contributed by atoms with van der Waals surface area (Å²) < 4.78 is 28.1. The number of fused-ring (bicyclic) bond motifs is 1. The summed E-state index contributed by atoms with van der Waals surface area (Å²) in [4.78, 5) is 17.9. The van der Waals surface area contributed by atoms with E-state index < -0.39 is 16.0 Å². The third-order valence-corrected chi connectivity index (χ3v) is 6.62. The molecule has 13 heteroatoms. The van der Waals surface area contributed by atoms with Gasteiger partial charge in [-0.2, -0.15) is 0 Å². The topological polar surface area (TPSA) is 146 Å². The lowest BCUT2D eigenvalue weighted by Gasteiger charge is -2.24. The Hall–Kier alpha value is -2.86. The number of nitrogen functional groups attached to an aromatic ring is 1. The number of aryl methyl sites for hydroxylation is 1. The summed E-state index contributed by atoms with van der Waals surface area (Å²) >= 11 is 0. The fourth-order valence-corrected chi connectivity index (χ4v) is 4.59. The molecule has 36 heavy (non-hydrogen) atoms. The molecule has 3 aromatic rings. The molecule has 1 heterocycles. The number of imidazole rings is 1. The third-order valence-electron chi connectivity index (χ3n) is 5.43. The summed E-state index contributed by atoms with van der Waals surface area (Å²) in [5, 5.41) is 16.8. The van der Waals surface area contributed by atoms with Gasteiger partial charge >= 0.3 is 5.97 Å². The van der Waals surface area contributed by atoms with E-state index in [1.807, 2.05) is 35.7 Å². The zero-order chi connectivity index (χ0) is 25.0. The van der Waals surface area contributed by atoms with E-state index in [9.17, 15) is 18.3 Å². The number of likely N-dealkylation sites (N-methyl/N-ethyl adjacent to an activating group) is 1. The molecule has 3 rings (SSSR count). The molecule has 0 radical (unpaired) electrons. The lowest BCUT2D eigenvalue weighted by atomic mass is 10.1. The van der Waals surface area contributed by atoms with Crippen molar-refractivity contribution in [2.24, 2.45) is 5.73 Å². The summed E-state index contributed by atoms with van der Waals surface area (Å²) in [6.07, 6.45) is 1.55. The number of carboxylic acids is 1. The van der Waals surface area contributed by atoms with Crippen molar-refractivity contribution in [2.45, 2.75) is 19.4 Å². The second-order valence-corrected chi connectivity index (χ2v) is 10.3. The molecule has 0 amide bonds. The van der Waals surface area contributed by atoms with Gasteiger partial charge in [0.05, 0.1) is 29.4 Å². The Morgan fingerprint density at radius 2 is 1.75 bits per heavy atom. The van der Waals surface area contributed by atoms with Crippen molar-refractivity contribution in [1.82, 2.24) is 14.5 Å². The molecule has 0 bridgehead atoms. The maximum absolute atomic E-state index is 12.4. The van der Waals surface area contributed by atoms with Crippen molar-refractivity contribution in [2.75, 3.05) is 37.7 Å². The van der Waals surface area contributed by atoms with Gasteiger partial charge in [-0.25, -0.2) is 13.4 Å². The van der Waals surface area contributed by atoms with E-state index in [0.29, 0.717) is 42.1 Å². The lowest BCUT2D eigenvalue weighted by Crippen LogP contribution is -2.36. The molecular formula is C23H32Cl2N6O4S. The number of halogens is 2. The average molecular weight is 560 g/mol. The number of hydrogen-bond donors (Lipinski definition) is 3. The summed E-state index contributed by atoms with van der Waals surface area (Å²) in [7, 11) is 0.256. The third kappa shape index (κ3) is 7.82. The highest BCUT2D eigenvalue weighted by Gasteiger charge is 2.20. The Kier molecular flexibility index (Phi) is 11.2. The molecule has 1 aromatic heterocycles. The zero-order valence-electron chi connectivity index (χ0n) is 20.3. The maximum Gasteiger partial charge on any atom is 0.305 e. The number of carbonyl (C=O) groups is 1. The van der Waals surface area contributed by atoms with Crippen LogP contribution in [0.5, 0.6) is 0 Å². The van der Waals surface area contributed by atoms with Crippen molar-refractivity contribution in [3.63, 3.8) is 0 Å². The van der Waals surface area contributed by atoms with E-state index in [1.54, 1.807) is 30.3 Å². The number of carboxylic acid groups (broad SMARTS) is 1. The second-order valence-electron chi connectivity index (χ2n) is 8.42. The molecule has 0 aliphatic rings. The summed E-state index contributed by atoms with van der Waals surface area (Å²) in [6, 6.07) is 12.5. The number of aromatic nitrogens is 2. The minimum Gasteiger partial charge on any atom is -0.481 e. The number of amidine groups is 1. The number of nitrogens with one attached hydrogen (secondary N) is 1. The van der Waals surface area contributed by atoms with Crippen LogP contribution in [0.25, 0.3) is 11.0 Å². The molecule has 10 nitrogen and oxygen atoms in total. The van der Waals surface area contributed by atoms with E-state index in [4.69, 9.17) is 16.1 Å². The normalized spacial score (nSPS) is 11.1. The molecular weight excluding hydrogens is 527 g/mol. The van der Waals surface area contributed by atoms with Crippen LogP contribution in [0, 0.1) is 5.41 Å². The first-order chi connectivity index (χ1) is 16.0. The van der Waals surface area contributed by atoms with Crippen LogP contribution in [0.4, 0.5) is 5.69 Å². The Morgan fingerprint density at radius 1 is 1.11 bits per heavy atom. The largest absolute Gasteiger partial charge is 0.481 e. The van der Waals surface area contributed by atoms with Crippen molar-refractivity contribution >= 4 is 63.4 Å². The molecule has 4 N–H and O–H groups in total. The standard InChI is InChI=1S/C23H30N6O4S.2ClH/c1-27(2)12-13-29(34(3,32)33)18-8-9-20-19(15-18)26-21(28(20)11-10-22(30)31)14-16-4-6-17(7-5-16)23(24)25;;/h4-9,15H,10-14H2,1-3H3,(H3,24,25)(H,30,31);2*1H. The Bertz CT molecular complexity index is 1310. The minimum atomic E-state index is -3.50. The average Bonchev–Trinajstić information content (AvgIpc) is 3.07. The Labute approximate surface area is 223 Å². The molecule has 0 aliphatic heterocycles. The van der Waals surface area contributed by atoms with Gasteiger partial charge in [0.1, 0.15) is 11.7 Å². The van der Waals surface area contributed by atoms with Crippen molar-refractivity contribution in [1.29, 1.82) is 5.41 Å². The molecule has 0 saturated carbocycles. The van der Waals surface area contributed by atoms with Crippen molar-refractivity contribution < 1.29 is 18.3 Å². The fourth-order valence-electron chi connectivity index (χ4n) is 3.68. The predicted molar refractivity (Wildman–Crippen MR) is 147 cm³/mol. The van der Waals surface area contributed by atoms with Crippen LogP contribution >= 0.6 is 24.8 Å². The molecule has 0 spiro atoms. The highest BCUT2D eigenvalue weighted by Crippen LogP contribution is 2.26. The van der Waals surface area contributed by atoms with Crippen LogP contribution in [0.3, 0.4) is 0 Å². The zero-order valence-corrected chi connectivity index (χ0v) is 22.8. The van der Waals surface area contributed by atoms with Crippen molar-refractivity contribution in [3.8, 4) is 0 Å². The van der Waals surface area contributed by atoms with Crippen LogP contribution in [0.2, 0.25) is 0 Å². The smallest absolute Gasteiger partial charge is 0.305 e. The first-order valence-corrected chi connectivity index (χ1v) is 12.6. The molecule has 198 valence electrons. The second kappa shape index (κ2) is 12.9. The maximum atomic E-state index is 12.4. The molecule has 0 atom stereocenters. The minimum absolute atomic E-state index is 0. The number of aliphatic carboxylic acids is 1. The molecule has 0 unspecified atom stereocenters. The predicted octanol–water partition coefficient (Wildman–Crippen LogP) is 2.56. The SMILES string of the molecule is CN(C)CCN(c1ccc2c(c1)nc(Cc1ccc(C(=N)N)cc1)n2CCC(=O)O)S(C)(=O)=O.Cl.Cl. The van der Waals surface area contributed by atoms with Gasteiger partial charge in [-0.05, 0) is 37.9 Å². The van der Waals surface area contributed by atoms with Gasteiger partial charge in [0.2, 0.25) is 10.0 Å². The van der Waals surface area contributed by atoms with Gasteiger partial charge in [-0.1, -0.05) is 24.3 Å². The number of benzene rings is 2. The molecule has 0 saturated heterocycles. The van der Waals surface area contributed by atoms with Gasteiger partial charge < -0.3 is 20.3 Å². The first kappa shape index (κ1) is 31.2. The number of nitrogens with zero attached hydrogens (tertiary/aromatic N) is 4. The highest BCUT2D eigenvalue weighted by atomic mass is 35.5. The van der Waals surface area contributed by atoms with E-state index in [0.717, 1.165) is 11.1 Å². The first-order valence-electron chi connectivity index (χ1n) is 10.7. The van der Waals surface area contributed by atoms with Gasteiger partial charge in [-0.15, -0.1) is 24.8 Å². The summed E-state index contributed by atoms with van der Waals surface area (Å²) in [5.41, 5.74) is 8.92. The number of sulfonamides is 1. The molecule has 2 aromatic carbocycles. The Balaban J connectivity index is 0.00000324. The van der Waals surface area contributed by atoms with E-state index in [-0.39, 0.29) is 43.6 Å². The van der Waals surface area contributed by atoms with Crippen LogP contribution < -0.4 is 10.0 Å². The number of anilines is 1. The highest BCUT2D eigenvalue weighted by molar-refractivity contribution is 7.92. The van der Waals surface area contributed by atoms with Gasteiger partial charge in [0, 0.05) is 31.6 Å².